The first-order valence-electron chi connectivity index (χ1n) is 7.54. The van der Waals surface area contributed by atoms with Crippen LogP contribution >= 0.6 is 0 Å². The highest BCUT2D eigenvalue weighted by atomic mass is 16.5. The quantitative estimate of drug-likeness (QED) is 0.642. The maximum atomic E-state index is 5.71. The Labute approximate surface area is 131 Å². The van der Waals surface area contributed by atoms with Crippen molar-refractivity contribution in [3.63, 3.8) is 0 Å². The van der Waals surface area contributed by atoms with Gasteiger partial charge < -0.3 is 4.74 Å². The zero-order valence-electron chi connectivity index (χ0n) is 12.6. The summed E-state index contributed by atoms with van der Waals surface area (Å²) >= 11 is 0. The fraction of sp³-hybridized carbons (Fsp3) is 0.150. The van der Waals surface area contributed by atoms with Crippen LogP contribution in [-0.4, -0.2) is 4.98 Å². The number of rotatable bonds is 5. The third kappa shape index (κ3) is 3.73. The summed E-state index contributed by atoms with van der Waals surface area (Å²) in [6, 6.07) is 24.5. The lowest BCUT2D eigenvalue weighted by Gasteiger charge is -2.12. The van der Waals surface area contributed by atoms with Gasteiger partial charge in [-0.25, -0.2) is 4.98 Å². The van der Waals surface area contributed by atoms with Crippen molar-refractivity contribution in [2.75, 3.05) is 0 Å². The molecule has 0 aliphatic heterocycles. The lowest BCUT2D eigenvalue weighted by molar-refractivity contribution is 0.462. The molecule has 110 valence electrons. The second kappa shape index (κ2) is 6.90. The van der Waals surface area contributed by atoms with E-state index in [0.717, 1.165) is 12.2 Å². The predicted molar refractivity (Wildman–Crippen MR) is 89.3 cm³/mol. The van der Waals surface area contributed by atoms with E-state index >= 15 is 0 Å². The van der Waals surface area contributed by atoms with Crippen LogP contribution in [0, 0.1) is 0 Å². The van der Waals surface area contributed by atoms with Crippen molar-refractivity contribution < 1.29 is 4.74 Å². The molecule has 0 radical (unpaired) electrons. The number of hydrogen-bond donors (Lipinski definition) is 0. The Hall–Kier alpha value is -2.61. The van der Waals surface area contributed by atoms with Gasteiger partial charge in [0.15, 0.2) is 0 Å². The smallest absolute Gasteiger partial charge is 0.219 e. The van der Waals surface area contributed by atoms with E-state index in [0.29, 0.717) is 11.8 Å². The van der Waals surface area contributed by atoms with E-state index in [1.807, 2.05) is 30.3 Å². The SMILES string of the molecule is CC(Cc1ccc(Oc2ccccn2)cc1)c1ccccc1. The highest BCUT2D eigenvalue weighted by Crippen LogP contribution is 2.23. The molecule has 1 atom stereocenters. The summed E-state index contributed by atoms with van der Waals surface area (Å²) in [4.78, 5) is 4.16. The topological polar surface area (TPSA) is 22.1 Å². The molecular weight excluding hydrogens is 270 g/mol. The maximum absolute atomic E-state index is 5.71. The van der Waals surface area contributed by atoms with Crippen LogP contribution in [0.4, 0.5) is 0 Å². The second-order valence-corrected chi connectivity index (χ2v) is 5.43. The average molecular weight is 289 g/mol. The highest BCUT2D eigenvalue weighted by molar-refractivity contribution is 5.32. The van der Waals surface area contributed by atoms with Crippen molar-refractivity contribution in [3.8, 4) is 11.6 Å². The van der Waals surface area contributed by atoms with Gasteiger partial charge in [-0.05, 0) is 41.7 Å². The molecule has 3 rings (SSSR count). The van der Waals surface area contributed by atoms with Crippen LogP contribution in [0.3, 0.4) is 0 Å². The standard InChI is InChI=1S/C20H19NO/c1-16(18-7-3-2-4-8-18)15-17-10-12-19(13-11-17)22-20-9-5-6-14-21-20/h2-14,16H,15H2,1H3. The van der Waals surface area contributed by atoms with Gasteiger partial charge in [0.1, 0.15) is 5.75 Å². The molecule has 1 heterocycles. The van der Waals surface area contributed by atoms with Crippen molar-refractivity contribution in [2.24, 2.45) is 0 Å². The molecule has 3 aromatic rings. The number of pyridine rings is 1. The molecule has 0 bridgehead atoms. The Morgan fingerprint density at radius 2 is 1.59 bits per heavy atom. The van der Waals surface area contributed by atoms with Gasteiger partial charge in [0.25, 0.3) is 0 Å². The molecule has 0 spiro atoms. The van der Waals surface area contributed by atoms with Crippen molar-refractivity contribution >= 4 is 0 Å². The molecule has 0 N–H and O–H groups in total. The zero-order valence-corrected chi connectivity index (χ0v) is 12.6. The van der Waals surface area contributed by atoms with E-state index in [4.69, 9.17) is 4.74 Å². The molecule has 0 aliphatic rings. The molecule has 1 unspecified atom stereocenters. The molecule has 2 nitrogen and oxygen atoms in total. The zero-order chi connectivity index (χ0) is 15.2. The van der Waals surface area contributed by atoms with E-state index in [1.54, 1.807) is 6.20 Å². The number of benzene rings is 2. The molecule has 0 saturated heterocycles. The average Bonchev–Trinajstić information content (AvgIpc) is 2.58. The van der Waals surface area contributed by atoms with Crippen molar-refractivity contribution in [1.82, 2.24) is 4.98 Å². The van der Waals surface area contributed by atoms with Crippen molar-refractivity contribution in [2.45, 2.75) is 19.3 Å². The van der Waals surface area contributed by atoms with E-state index in [1.165, 1.54) is 11.1 Å². The second-order valence-electron chi connectivity index (χ2n) is 5.43. The summed E-state index contributed by atoms with van der Waals surface area (Å²) in [5.41, 5.74) is 2.68. The number of hydrogen-bond acceptors (Lipinski definition) is 2. The predicted octanol–water partition coefficient (Wildman–Crippen LogP) is 5.22. The van der Waals surface area contributed by atoms with E-state index in [2.05, 4.69) is 54.4 Å². The van der Waals surface area contributed by atoms with Gasteiger partial charge >= 0.3 is 0 Å². The van der Waals surface area contributed by atoms with Gasteiger partial charge in [-0.3, -0.25) is 0 Å². The minimum atomic E-state index is 0.503. The summed E-state index contributed by atoms with van der Waals surface area (Å²) in [7, 11) is 0. The summed E-state index contributed by atoms with van der Waals surface area (Å²) in [5, 5.41) is 0. The van der Waals surface area contributed by atoms with Gasteiger partial charge in [-0.15, -0.1) is 0 Å². The van der Waals surface area contributed by atoms with Crippen LogP contribution in [0.15, 0.2) is 79.0 Å². The van der Waals surface area contributed by atoms with Crippen LogP contribution in [0.2, 0.25) is 0 Å². The molecule has 2 heteroatoms. The molecule has 2 aromatic carbocycles. The highest BCUT2D eigenvalue weighted by Gasteiger charge is 2.06. The lowest BCUT2D eigenvalue weighted by atomic mass is 9.94. The van der Waals surface area contributed by atoms with E-state index < -0.39 is 0 Å². The molecule has 0 fully saturated rings. The summed E-state index contributed by atoms with van der Waals surface area (Å²) in [5.74, 6) is 1.94. The Morgan fingerprint density at radius 3 is 2.27 bits per heavy atom. The van der Waals surface area contributed by atoms with Crippen LogP contribution in [0.5, 0.6) is 11.6 Å². The van der Waals surface area contributed by atoms with Gasteiger partial charge in [-0.1, -0.05) is 55.5 Å². The Bertz CT molecular complexity index is 693. The largest absolute Gasteiger partial charge is 0.439 e. The minimum absolute atomic E-state index is 0.503. The van der Waals surface area contributed by atoms with Gasteiger partial charge in [0.2, 0.25) is 5.88 Å². The maximum Gasteiger partial charge on any atom is 0.219 e. The minimum Gasteiger partial charge on any atom is -0.439 e. The fourth-order valence-electron chi connectivity index (χ4n) is 2.47. The molecule has 0 saturated carbocycles. The van der Waals surface area contributed by atoms with Crippen molar-refractivity contribution in [1.29, 1.82) is 0 Å². The summed E-state index contributed by atoms with van der Waals surface area (Å²) in [6.45, 7) is 2.26. The third-order valence-electron chi connectivity index (χ3n) is 3.69. The molecule has 1 aromatic heterocycles. The number of nitrogens with zero attached hydrogens (tertiary/aromatic N) is 1. The van der Waals surface area contributed by atoms with Crippen LogP contribution in [0.1, 0.15) is 24.0 Å². The normalized spacial score (nSPS) is 11.9. The molecule has 0 aliphatic carbocycles. The Morgan fingerprint density at radius 1 is 0.864 bits per heavy atom. The van der Waals surface area contributed by atoms with Gasteiger partial charge in [-0.2, -0.15) is 0 Å². The molecular formula is C20H19NO. The first-order chi connectivity index (χ1) is 10.8. The van der Waals surface area contributed by atoms with Crippen LogP contribution in [0.25, 0.3) is 0 Å². The Kier molecular flexibility index (Phi) is 4.50. The molecule has 0 amide bonds. The van der Waals surface area contributed by atoms with E-state index in [-0.39, 0.29) is 0 Å². The molecule has 22 heavy (non-hydrogen) atoms. The van der Waals surface area contributed by atoms with Gasteiger partial charge in [0.05, 0.1) is 0 Å². The van der Waals surface area contributed by atoms with Crippen LogP contribution < -0.4 is 4.74 Å². The number of ether oxygens (including phenoxy) is 1. The summed E-state index contributed by atoms with van der Waals surface area (Å²) < 4.78 is 5.71. The summed E-state index contributed by atoms with van der Waals surface area (Å²) in [6.07, 6.45) is 2.75. The number of aromatic nitrogens is 1. The van der Waals surface area contributed by atoms with Gasteiger partial charge in [0, 0.05) is 12.3 Å². The fourth-order valence-corrected chi connectivity index (χ4v) is 2.47. The van der Waals surface area contributed by atoms with E-state index in [9.17, 15) is 0 Å². The first kappa shape index (κ1) is 14.3. The lowest BCUT2D eigenvalue weighted by Crippen LogP contribution is -1.98. The van der Waals surface area contributed by atoms with Crippen LogP contribution in [-0.2, 0) is 6.42 Å². The van der Waals surface area contributed by atoms with Crippen molar-refractivity contribution in [3.05, 3.63) is 90.1 Å². The third-order valence-corrected chi connectivity index (χ3v) is 3.69. The monoisotopic (exact) mass is 289 g/mol. The first-order valence-corrected chi connectivity index (χ1v) is 7.54. The Balaban J connectivity index is 1.64.